The van der Waals surface area contributed by atoms with E-state index in [2.05, 4.69) is 11.8 Å². The molecule has 1 heterocycles. The molecule has 16 heavy (non-hydrogen) atoms. The molecular formula is C13H19NO2. The lowest BCUT2D eigenvalue weighted by Crippen LogP contribution is -2.36. The van der Waals surface area contributed by atoms with Gasteiger partial charge in [-0.2, -0.15) is 0 Å². The fourth-order valence-electron chi connectivity index (χ4n) is 2.38. The second-order valence-corrected chi connectivity index (χ2v) is 5.63. The summed E-state index contributed by atoms with van der Waals surface area (Å²) >= 11 is 0. The highest BCUT2D eigenvalue weighted by molar-refractivity contribution is 5.69. The predicted octanol–water partition coefficient (Wildman–Crippen LogP) is 2.12. The molecule has 3 nitrogen and oxygen atoms in total. The Labute approximate surface area is 97.1 Å². The Morgan fingerprint density at radius 1 is 1.31 bits per heavy atom. The van der Waals surface area contributed by atoms with Crippen LogP contribution in [-0.2, 0) is 4.74 Å². The topological polar surface area (TPSA) is 29.5 Å². The van der Waals surface area contributed by atoms with Gasteiger partial charge in [0.2, 0.25) is 0 Å². The van der Waals surface area contributed by atoms with Crippen molar-refractivity contribution < 1.29 is 9.53 Å². The number of rotatable bonds is 0. The minimum Gasteiger partial charge on any atom is -0.444 e. The Morgan fingerprint density at radius 3 is 2.31 bits per heavy atom. The molecule has 1 saturated heterocycles. The zero-order valence-electron chi connectivity index (χ0n) is 10.4. The van der Waals surface area contributed by atoms with Gasteiger partial charge in [-0.25, -0.2) is 4.79 Å². The van der Waals surface area contributed by atoms with Gasteiger partial charge in [0.05, 0.1) is 0 Å². The number of carbonyl (C=O) groups is 1. The molecule has 0 aromatic heterocycles. The van der Waals surface area contributed by atoms with Crippen LogP contribution in [0, 0.1) is 29.6 Å². The Bertz CT molecular complexity index is 346. The molecule has 1 saturated carbocycles. The maximum Gasteiger partial charge on any atom is 0.410 e. The molecule has 0 aromatic carbocycles. The quantitative estimate of drug-likeness (QED) is 0.586. The van der Waals surface area contributed by atoms with Gasteiger partial charge in [-0.05, 0) is 39.5 Å². The summed E-state index contributed by atoms with van der Waals surface area (Å²) in [6.07, 6.45) is -0.178. The molecule has 2 unspecified atom stereocenters. The smallest absolute Gasteiger partial charge is 0.410 e. The first-order chi connectivity index (χ1) is 7.42. The van der Waals surface area contributed by atoms with E-state index in [4.69, 9.17) is 4.74 Å². The van der Waals surface area contributed by atoms with Gasteiger partial charge in [0.25, 0.3) is 0 Å². The molecule has 2 atom stereocenters. The zero-order chi connectivity index (χ0) is 11.9. The second-order valence-electron chi connectivity index (χ2n) is 5.63. The van der Waals surface area contributed by atoms with Crippen molar-refractivity contribution >= 4 is 6.09 Å². The lowest BCUT2D eigenvalue weighted by atomic mass is 10.2. The van der Waals surface area contributed by atoms with Gasteiger partial charge >= 0.3 is 6.09 Å². The number of ether oxygens (including phenoxy) is 1. The van der Waals surface area contributed by atoms with Crippen LogP contribution in [0.5, 0.6) is 0 Å². The van der Waals surface area contributed by atoms with Gasteiger partial charge < -0.3 is 9.64 Å². The maximum absolute atomic E-state index is 11.8. The van der Waals surface area contributed by atoms with E-state index in [1.54, 1.807) is 0 Å². The zero-order valence-corrected chi connectivity index (χ0v) is 10.4. The number of fused-ring (bicyclic) bond motifs is 1. The summed E-state index contributed by atoms with van der Waals surface area (Å²) in [7, 11) is 0. The first kappa shape index (κ1) is 11.3. The Hall–Kier alpha value is -1.17. The summed E-state index contributed by atoms with van der Waals surface area (Å²) in [6.45, 7) is 9.20. The van der Waals surface area contributed by atoms with Crippen LogP contribution in [0.4, 0.5) is 4.79 Å². The Balaban J connectivity index is 1.84. The van der Waals surface area contributed by atoms with Gasteiger partial charge in [-0.1, -0.05) is 5.92 Å². The first-order valence-corrected chi connectivity index (χ1v) is 5.82. The molecule has 1 aliphatic carbocycles. The normalized spacial score (nSPS) is 31.5. The number of amides is 1. The van der Waals surface area contributed by atoms with Crippen LogP contribution >= 0.6 is 0 Å². The molecule has 0 aromatic rings. The number of hydrogen-bond acceptors (Lipinski definition) is 2. The van der Waals surface area contributed by atoms with Crippen LogP contribution in [0.1, 0.15) is 27.7 Å². The predicted molar refractivity (Wildman–Crippen MR) is 61.7 cm³/mol. The fourth-order valence-corrected chi connectivity index (χ4v) is 2.38. The van der Waals surface area contributed by atoms with E-state index in [1.807, 2.05) is 32.6 Å². The summed E-state index contributed by atoms with van der Waals surface area (Å²) in [5.74, 6) is 7.88. The van der Waals surface area contributed by atoms with Gasteiger partial charge in [-0.3, -0.25) is 0 Å². The Kier molecular flexibility index (Phi) is 2.61. The molecule has 0 radical (unpaired) electrons. The number of nitrogens with zero attached hydrogens (tertiary/aromatic N) is 1. The van der Waals surface area contributed by atoms with Gasteiger partial charge in [0, 0.05) is 19.0 Å². The number of likely N-dealkylation sites (tertiary alicyclic amines) is 1. The standard InChI is InChI=1S/C13H19NO2/c1-5-6-9-10-7-14(8-11(9)10)12(15)16-13(2,3)4/h9-11H,7-8H2,1-4H3. The molecule has 3 heteroatoms. The second kappa shape index (κ2) is 3.69. The van der Waals surface area contributed by atoms with Gasteiger partial charge in [0.1, 0.15) is 5.60 Å². The fraction of sp³-hybridized carbons (Fsp3) is 0.769. The van der Waals surface area contributed by atoms with Crippen LogP contribution in [0.25, 0.3) is 0 Å². The minimum absolute atomic E-state index is 0.178. The lowest BCUT2D eigenvalue weighted by Gasteiger charge is -2.25. The maximum atomic E-state index is 11.8. The summed E-state index contributed by atoms with van der Waals surface area (Å²) in [4.78, 5) is 13.6. The van der Waals surface area contributed by atoms with E-state index < -0.39 is 5.60 Å². The van der Waals surface area contributed by atoms with Crippen molar-refractivity contribution in [2.75, 3.05) is 13.1 Å². The van der Waals surface area contributed by atoms with Crippen molar-refractivity contribution in [3.05, 3.63) is 0 Å². The number of hydrogen-bond donors (Lipinski definition) is 0. The Morgan fingerprint density at radius 2 is 1.88 bits per heavy atom. The third-order valence-electron chi connectivity index (χ3n) is 3.16. The molecule has 0 N–H and O–H groups in total. The summed E-state index contributed by atoms with van der Waals surface area (Å²) in [6, 6.07) is 0. The largest absolute Gasteiger partial charge is 0.444 e. The highest BCUT2D eigenvalue weighted by Gasteiger charge is 2.56. The third-order valence-corrected chi connectivity index (χ3v) is 3.16. The molecule has 2 aliphatic rings. The van der Waals surface area contributed by atoms with Crippen LogP contribution in [0.3, 0.4) is 0 Å². The highest BCUT2D eigenvalue weighted by atomic mass is 16.6. The van der Waals surface area contributed by atoms with Crippen molar-refractivity contribution in [3.8, 4) is 11.8 Å². The summed E-state index contributed by atoms with van der Waals surface area (Å²) < 4.78 is 5.34. The molecule has 0 bridgehead atoms. The van der Waals surface area contributed by atoms with Crippen molar-refractivity contribution in [3.63, 3.8) is 0 Å². The SMILES string of the molecule is CC#CC1C2CN(C(=O)OC(C)(C)C)CC12. The molecule has 1 amide bonds. The van der Waals surface area contributed by atoms with Crippen molar-refractivity contribution in [2.45, 2.75) is 33.3 Å². The van der Waals surface area contributed by atoms with E-state index in [-0.39, 0.29) is 6.09 Å². The van der Waals surface area contributed by atoms with Crippen LogP contribution < -0.4 is 0 Å². The van der Waals surface area contributed by atoms with Crippen molar-refractivity contribution in [1.29, 1.82) is 0 Å². The van der Waals surface area contributed by atoms with Crippen molar-refractivity contribution in [2.24, 2.45) is 17.8 Å². The lowest BCUT2D eigenvalue weighted by molar-refractivity contribution is 0.0269. The van der Waals surface area contributed by atoms with E-state index in [1.165, 1.54) is 0 Å². The van der Waals surface area contributed by atoms with E-state index in [0.29, 0.717) is 17.8 Å². The summed E-state index contributed by atoms with van der Waals surface area (Å²) in [5.41, 5.74) is -0.396. The number of piperidine rings is 1. The van der Waals surface area contributed by atoms with Gasteiger partial charge in [-0.15, -0.1) is 5.92 Å². The monoisotopic (exact) mass is 221 g/mol. The third kappa shape index (κ3) is 2.16. The van der Waals surface area contributed by atoms with Crippen LogP contribution in [-0.4, -0.2) is 29.7 Å². The number of carbonyl (C=O) groups excluding carboxylic acids is 1. The molecule has 2 fully saturated rings. The molecule has 88 valence electrons. The van der Waals surface area contributed by atoms with E-state index in [9.17, 15) is 4.79 Å². The van der Waals surface area contributed by atoms with Crippen molar-refractivity contribution in [1.82, 2.24) is 4.90 Å². The van der Waals surface area contributed by atoms with Crippen LogP contribution in [0.2, 0.25) is 0 Å². The molecule has 2 rings (SSSR count). The molecule has 1 aliphatic heterocycles. The first-order valence-electron chi connectivity index (χ1n) is 5.82. The molecular weight excluding hydrogens is 202 g/mol. The summed E-state index contributed by atoms with van der Waals surface area (Å²) in [5, 5.41) is 0. The van der Waals surface area contributed by atoms with Gasteiger partial charge in [0.15, 0.2) is 0 Å². The average Bonchev–Trinajstić information content (AvgIpc) is 2.60. The van der Waals surface area contributed by atoms with E-state index >= 15 is 0 Å². The van der Waals surface area contributed by atoms with Crippen LogP contribution in [0.15, 0.2) is 0 Å². The highest BCUT2D eigenvalue weighted by Crippen LogP contribution is 2.51. The average molecular weight is 221 g/mol. The minimum atomic E-state index is -0.396. The van der Waals surface area contributed by atoms with E-state index in [0.717, 1.165) is 13.1 Å². The molecule has 0 spiro atoms.